The highest BCUT2D eigenvalue weighted by Crippen LogP contribution is 2.25. The van der Waals surface area contributed by atoms with Gasteiger partial charge in [-0.05, 0) is 25.1 Å². The van der Waals surface area contributed by atoms with Gasteiger partial charge in [0, 0.05) is 17.0 Å². The van der Waals surface area contributed by atoms with E-state index < -0.39 is 0 Å². The van der Waals surface area contributed by atoms with Crippen LogP contribution in [0.1, 0.15) is 18.0 Å². The van der Waals surface area contributed by atoms with Gasteiger partial charge in [-0.1, -0.05) is 29.8 Å². The summed E-state index contributed by atoms with van der Waals surface area (Å²) in [5, 5.41) is 1.52. The number of rotatable bonds is 3. The second kappa shape index (κ2) is 6.17. The standard InChI is InChI=1S/C12H14ClN3.ClH/c13-12-9(10(15)5-6-14)7-8-3-1-2-4-11(8)16-12;/h1-4,7,10H,5-6,14-15H2;1H/t10-;/m1./s1. The molecule has 17 heavy (non-hydrogen) atoms. The Balaban J connectivity index is 0.00000144. The first-order valence-electron chi connectivity index (χ1n) is 5.23. The average molecular weight is 272 g/mol. The molecule has 0 unspecified atom stereocenters. The van der Waals surface area contributed by atoms with Crippen LogP contribution in [0.3, 0.4) is 0 Å². The molecule has 1 aromatic heterocycles. The van der Waals surface area contributed by atoms with E-state index in [1.165, 1.54) is 0 Å². The van der Waals surface area contributed by atoms with Crippen molar-refractivity contribution in [3.63, 3.8) is 0 Å². The van der Waals surface area contributed by atoms with Crippen LogP contribution in [-0.2, 0) is 0 Å². The lowest BCUT2D eigenvalue weighted by Gasteiger charge is -2.12. The molecule has 5 heteroatoms. The molecule has 0 spiro atoms. The van der Waals surface area contributed by atoms with Crippen molar-refractivity contribution in [2.75, 3.05) is 6.54 Å². The van der Waals surface area contributed by atoms with Gasteiger partial charge in [0.1, 0.15) is 5.15 Å². The molecule has 0 aliphatic rings. The Labute approximate surface area is 112 Å². The SMILES string of the molecule is Cl.NCC[C@@H](N)c1cc2ccccc2nc1Cl. The molecule has 0 fully saturated rings. The van der Waals surface area contributed by atoms with Gasteiger partial charge in [0.25, 0.3) is 0 Å². The predicted molar refractivity (Wildman–Crippen MR) is 74.6 cm³/mol. The Bertz CT molecular complexity index is 502. The maximum Gasteiger partial charge on any atom is 0.134 e. The zero-order valence-corrected chi connectivity index (χ0v) is 10.8. The summed E-state index contributed by atoms with van der Waals surface area (Å²) in [5.74, 6) is 0. The Morgan fingerprint density at radius 1 is 1.29 bits per heavy atom. The maximum atomic E-state index is 6.10. The van der Waals surface area contributed by atoms with E-state index in [1.807, 2.05) is 30.3 Å². The molecule has 4 N–H and O–H groups in total. The molecule has 3 nitrogen and oxygen atoms in total. The number of fused-ring (bicyclic) bond motifs is 1. The maximum absolute atomic E-state index is 6.10. The Morgan fingerprint density at radius 3 is 2.71 bits per heavy atom. The van der Waals surface area contributed by atoms with Gasteiger partial charge in [0.05, 0.1) is 5.52 Å². The van der Waals surface area contributed by atoms with E-state index in [9.17, 15) is 0 Å². The van der Waals surface area contributed by atoms with Crippen LogP contribution in [-0.4, -0.2) is 11.5 Å². The highest BCUT2D eigenvalue weighted by Gasteiger charge is 2.11. The lowest BCUT2D eigenvalue weighted by molar-refractivity contribution is 0.660. The van der Waals surface area contributed by atoms with Crippen molar-refractivity contribution in [1.82, 2.24) is 4.98 Å². The van der Waals surface area contributed by atoms with E-state index >= 15 is 0 Å². The first-order valence-corrected chi connectivity index (χ1v) is 5.61. The first kappa shape index (κ1) is 14.2. The number of nitrogens with two attached hydrogens (primary N) is 2. The second-order valence-electron chi connectivity index (χ2n) is 3.74. The van der Waals surface area contributed by atoms with E-state index in [1.54, 1.807) is 0 Å². The Hall–Kier alpha value is -0.870. The summed E-state index contributed by atoms with van der Waals surface area (Å²) in [6.45, 7) is 0.546. The number of pyridine rings is 1. The van der Waals surface area contributed by atoms with Crippen LogP contribution in [0.25, 0.3) is 10.9 Å². The van der Waals surface area contributed by atoms with E-state index in [-0.39, 0.29) is 18.4 Å². The van der Waals surface area contributed by atoms with Gasteiger partial charge in [-0.25, -0.2) is 4.98 Å². The summed E-state index contributed by atoms with van der Waals surface area (Å²) in [6.07, 6.45) is 0.708. The minimum atomic E-state index is -0.144. The van der Waals surface area contributed by atoms with Gasteiger partial charge in [-0.15, -0.1) is 12.4 Å². The van der Waals surface area contributed by atoms with Gasteiger partial charge >= 0.3 is 0 Å². The zero-order chi connectivity index (χ0) is 11.5. The van der Waals surface area contributed by atoms with Crippen molar-refractivity contribution in [1.29, 1.82) is 0 Å². The molecule has 92 valence electrons. The third-order valence-electron chi connectivity index (χ3n) is 2.58. The van der Waals surface area contributed by atoms with Crippen LogP contribution in [0.4, 0.5) is 0 Å². The Kier molecular flexibility index (Phi) is 5.15. The fourth-order valence-corrected chi connectivity index (χ4v) is 1.99. The fraction of sp³-hybridized carbons (Fsp3) is 0.250. The molecule has 0 radical (unpaired) electrons. The number of halogens is 2. The summed E-state index contributed by atoms with van der Waals surface area (Å²) in [5.41, 5.74) is 13.2. The van der Waals surface area contributed by atoms with Crippen LogP contribution in [0.2, 0.25) is 5.15 Å². The third kappa shape index (κ3) is 3.07. The molecule has 0 saturated heterocycles. The number of hydrogen-bond donors (Lipinski definition) is 2. The molecule has 1 atom stereocenters. The molecule has 0 aliphatic heterocycles. The van der Waals surface area contributed by atoms with Crippen molar-refractivity contribution >= 4 is 34.9 Å². The largest absolute Gasteiger partial charge is 0.330 e. The van der Waals surface area contributed by atoms with Crippen molar-refractivity contribution < 1.29 is 0 Å². The molecule has 0 bridgehead atoms. The van der Waals surface area contributed by atoms with E-state index in [0.717, 1.165) is 16.5 Å². The van der Waals surface area contributed by atoms with Gasteiger partial charge < -0.3 is 11.5 Å². The quantitative estimate of drug-likeness (QED) is 0.844. The van der Waals surface area contributed by atoms with Gasteiger partial charge in [-0.2, -0.15) is 0 Å². The average Bonchev–Trinajstić information content (AvgIpc) is 2.28. The topological polar surface area (TPSA) is 64.9 Å². The first-order chi connectivity index (χ1) is 7.72. The van der Waals surface area contributed by atoms with Crippen LogP contribution in [0.15, 0.2) is 30.3 Å². The number of benzene rings is 1. The fourth-order valence-electron chi connectivity index (χ4n) is 1.70. The van der Waals surface area contributed by atoms with Gasteiger partial charge in [0.2, 0.25) is 0 Å². The molecule has 0 saturated carbocycles. The number of hydrogen-bond acceptors (Lipinski definition) is 3. The van der Waals surface area contributed by atoms with Crippen LogP contribution >= 0.6 is 24.0 Å². The monoisotopic (exact) mass is 271 g/mol. The van der Waals surface area contributed by atoms with Gasteiger partial charge in [0.15, 0.2) is 0 Å². The van der Waals surface area contributed by atoms with E-state index in [4.69, 9.17) is 23.1 Å². The Morgan fingerprint density at radius 2 is 2.00 bits per heavy atom. The minimum absolute atomic E-state index is 0. The molecule has 2 aromatic rings. The molecule has 0 amide bonds. The second-order valence-corrected chi connectivity index (χ2v) is 4.10. The highest BCUT2D eigenvalue weighted by molar-refractivity contribution is 6.30. The van der Waals surface area contributed by atoms with Crippen LogP contribution in [0, 0.1) is 0 Å². The van der Waals surface area contributed by atoms with Gasteiger partial charge in [-0.3, -0.25) is 0 Å². The summed E-state index contributed by atoms with van der Waals surface area (Å²) < 4.78 is 0. The molecule has 1 heterocycles. The number of aromatic nitrogens is 1. The summed E-state index contributed by atoms with van der Waals surface area (Å²) in [7, 11) is 0. The molecule has 1 aromatic carbocycles. The predicted octanol–water partition coefficient (Wildman–Crippen LogP) is 2.66. The zero-order valence-electron chi connectivity index (χ0n) is 9.27. The molecular formula is C12H15Cl2N3. The van der Waals surface area contributed by atoms with Crippen molar-refractivity contribution in [2.45, 2.75) is 12.5 Å². The smallest absolute Gasteiger partial charge is 0.134 e. The highest BCUT2D eigenvalue weighted by atomic mass is 35.5. The third-order valence-corrected chi connectivity index (χ3v) is 2.88. The van der Waals surface area contributed by atoms with E-state index in [2.05, 4.69) is 4.98 Å². The normalized spacial score (nSPS) is 12.2. The van der Waals surface area contributed by atoms with E-state index in [0.29, 0.717) is 18.1 Å². The number of nitrogens with zero attached hydrogens (tertiary/aromatic N) is 1. The summed E-state index contributed by atoms with van der Waals surface area (Å²) in [6, 6.07) is 9.68. The van der Waals surface area contributed by atoms with Crippen molar-refractivity contribution in [3.8, 4) is 0 Å². The van der Waals surface area contributed by atoms with Crippen LogP contribution < -0.4 is 11.5 Å². The molecule has 0 aliphatic carbocycles. The minimum Gasteiger partial charge on any atom is -0.330 e. The summed E-state index contributed by atoms with van der Waals surface area (Å²) >= 11 is 6.10. The summed E-state index contributed by atoms with van der Waals surface area (Å²) in [4.78, 5) is 4.32. The molecule has 2 rings (SSSR count). The van der Waals surface area contributed by atoms with Crippen molar-refractivity contribution in [2.24, 2.45) is 11.5 Å². The number of para-hydroxylation sites is 1. The van der Waals surface area contributed by atoms with Crippen LogP contribution in [0.5, 0.6) is 0 Å². The van der Waals surface area contributed by atoms with Crippen molar-refractivity contribution in [3.05, 3.63) is 41.0 Å². The lowest BCUT2D eigenvalue weighted by atomic mass is 10.0. The molecular weight excluding hydrogens is 257 g/mol. The lowest BCUT2D eigenvalue weighted by Crippen LogP contribution is -2.16.